The Morgan fingerprint density at radius 2 is 1.81 bits per heavy atom. The fourth-order valence-corrected chi connectivity index (χ4v) is 2.03. The number of benzene rings is 1. The first kappa shape index (κ1) is 13.8. The minimum Gasteiger partial charge on any atom is -0.392 e. The third-order valence-corrected chi connectivity index (χ3v) is 3.04. The highest BCUT2D eigenvalue weighted by Crippen LogP contribution is 2.25. The van der Waals surface area contributed by atoms with Gasteiger partial charge < -0.3 is 10.4 Å². The Hall–Kier alpha value is -0.280. The minimum absolute atomic E-state index is 0.229. The van der Waals surface area contributed by atoms with Crippen molar-refractivity contribution in [2.75, 3.05) is 6.54 Å². The van der Waals surface area contributed by atoms with Crippen LogP contribution in [0.4, 0.5) is 0 Å². The molecule has 4 heteroatoms. The fraction of sp³-hybridized carbons (Fsp3) is 0.500. The maximum absolute atomic E-state index is 9.16. The highest BCUT2D eigenvalue weighted by molar-refractivity contribution is 6.35. The van der Waals surface area contributed by atoms with Crippen LogP contribution in [0.25, 0.3) is 0 Å². The molecule has 0 fully saturated rings. The van der Waals surface area contributed by atoms with E-state index in [2.05, 4.69) is 5.32 Å². The van der Waals surface area contributed by atoms with Crippen LogP contribution in [0.3, 0.4) is 0 Å². The molecule has 0 amide bonds. The number of rotatable bonds is 5. The van der Waals surface area contributed by atoms with Crippen LogP contribution in [0, 0.1) is 0 Å². The van der Waals surface area contributed by atoms with Crippen LogP contribution >= 0.6 is 23.2 Å². The number of halogens is 2. The van der Waals surface area contributed by atoms with E-state index < -0.39 is 0 Å². The molecule has 1 unspecified atom stereocenters. The van der Waals surface area contributed by atoms with E-state index in [4.69, 9.17) is 28.3 Å². The van der Waals surface area contributed by atoms with Crippen molar-refractivity contribution in [3.8, 4) is 0 Å². The Morgan fingerprint density at radius 3 is 2.31 bits per heavy atom. The largest absolute Gasteiger partial charge is 0.392 e. The fourth-order valence-electron chi connectivity index (χ4n) is 1.48. The average Bonchev–Trinajstić information content (AvgIpc) is 2.21. The summed E-state index contributed by atoms with van der Waals surface area (Å²) in [7, 11) is 0. The zero-order valence-corrected chi connectivity index (χ0v) is 11.0. The quantitative estimate of drug-likeness (QED) is 0.855. The second-order valence-corrected chi connectivity index (χ2v) is 4.88. The lowest BCUT2D eigenvalue weighted by Crippen LogP contribution is -2.34. The maximum atomic E-state index is 9.16. The average molecular weight is 262 g/mol. The van der Waals surface area contributed by atoms with Gasteiger partial charge in [-0.1, -0.05) is 29.3 Å². The predicted octanol–water partition coefficient (Wildman–Crippen LogP) is 2.89. The normalized spacial score (nSPS) is 14.8. The number of hydrogen-bond donors (Lipinski definition) is 2. The lowest BCUT2D eigenvalue weighted by atomic mass is 10.1. The van der Waals surface area contributed by atoms with Crippen molar-refractivity contribution < 1.29 is 5.11 Å². The summed E-state index contributed by atoms with van der Waals surface area (Å²) in [6.45, 7) is 4.37. The number of nitrogens with one attached hydrogen (secondary N) is 1. The standard InChI is InChI=1S/C12H17Cl2NO/c1-8(15-7-9(2)16)6-10-11(13)4-3-5-12(10)14/h3-5,8-9,15-16H,6-7H2,1-2H3/t8?,9-/m1/s1. The van der Waals surface area contributed by atoms with Gasteiger partial charge in [-0.2, -0.15) is 0 Å². The predicted molar refractivity (Wildman–Crippen MR) is 69.3 cm³/mol. The molecule has 0 aromatic heterocycles. The summed E-state index contributed by atoms with van der Waals surface area (Å²) >= 11 is 12.1. The number of aliphatic hydroxyl groups excluding tert-OH is 1. The number of aliphatic hydroxyl groups is 1. The lowest BCUT2D eigenvalue weighted by molar-refractivity contribution is 0.187. The van der Waals surface area contributed by atoms with Gasteiger partial charge in [0.15, 0.2) is 0 Å². The third-order valence-electron chi connectivity index (χ3n) is 2.33. The maximum Gasteiger partial charge on any atom is 0.0636 e. The highest BCUT2D eigenvalue weighted by Gasteiger charge is 2.10. The Balaban J connectivity index is 2.59. The summed E-state index contributed by atoms with van der Waals surface area (Å²) in [4.78, 5) is 0. The van der Waals surface area contributed by atoms with Crippen molar-refractivity contribution in [3.05, 3.63) is 33.8 Å². The monoisotopic (exact) mass is 261 g/mol. The first-order valence-electron chi connectivity index (χ1n) is 5.35. The first-order valence-corrected chi connectivity index (χ1v) is 6.10. The topological polar surface area (TPSA) is 32.3 Å². The molecule has 0 aliphatic rings. The Morgan fingerprint density at radius 1 is 1.25 bits per heavy atom. The van der Waals surface area contributed by atoms with Gasteiger partial charge in [-0.25, -0.2) is 0 Å². The molecule has 2 nitrogen and oxygen atoms in total. The summed E-state index contributed by atoms with van der Waals surface area (Å²) in [6.07, 6.45) is 0.412. The van der Waals surface area contributed by atoms with Crippen LogP contribution in [-0.2, 0) is 6.42 Å². The van der Waals surface area contributed by atoms with Gasteiger partial charge in [-0.3, -0.25) is 0 Å². The molecule has 16 heavy (non-hydrogen) atoms. The van der Waals surface area contributed by atoms with Gasteiger partial charge in [-0.15, -0.1) is 0 Å². The molecular weight excluding hydrogens is 245 g/mol. The van der Waals surface area contributed by atoms with Crippen LogP contribution in [0.2, 0.25) is 10.0 Å². The van der Waals surface area contributed by atoms with Crippen LogP contribution in [-0.4, -0.2) is 23.8 Å². The van der Waals surface area contributed by atoms with E-state index in [0.29, 0.717) is 16.6 Å². The van der Waals surface area contributed by atoms with Crippen molar-refractivity contribution in [2.45, 2.75) is 32.4 Å². The van der Waals surface area contributed by atoms with Gasteiger partial charge in [0.05, 0.1) is 6.10 Å². The van der Waals surface area contributed by atoms with Crippen LogP contribution in [0.1, 0.15) is 19.4 Å². The Kier molecular flexibility index (Phi) is 5.56. The van der Waals surface area contributed by atoms with Gasteiger partial charge in [-0.05, 0) is 38.0 Å². The summed E-state index contributed by atoms with van der Waals surface area (Å²) in [5.74, 6) is 0. The van der Waals surface area contributed by atoms with Crippen molar-refractivity contribution in [2.24, 2.45) is 0 Å². The van der Waals surface area contributed by atoms with E-state index in [1.54, 1.807) is 6.92 Å². The molecule has 0 saturated carbocycles. The molecule has 1 rings (SSSR count). The van der Waals surface area contributed by atoms with Gasteiger partial charge in [0.2, 0.25) is 0 Å². The third kappa shape index (κ3) is 4.30. The molecule has 0 bridgehead atoms. The Labute approximate surface area is 107 Å². The second-order valence-electron chi connectivity index (χ2n) is 4.06. The molecule has 2 N–H and O–H groups in total. The van der Waals surface area contributed by atoms with E-state index in [1.807, 2.05) is 25.1 Å². The van der Waals surface area contributed by atoms with Crippen molar-refractivity contribution in [1.29, 1.82) is 0 Å². The molecule has 0 heterocycles. The first-order chi connectivity index (χ1) is 7.50. The molecule has 0 spiro atoms. The molecule has 1 aromatic carbocycles. The molecular formula is C12H17Cl2NO. The van der Waals surface area contributed by atoms with Gasteiger partial charge >= 0.3 is 0 Å². The highest BCUT2D eigenvalue weighted by atomic mass is 35.5. The number of hydrogen-bond acceptors (Lipinski definition) is 2. The summed E-state index contributed by atoms with van der Waals surface area (Å²) in [5, 5.41) is 13.8. The zero-order chi connectivity index (χ0) is 12.1. The summed E-state index contributed by atoms with van der Waals surface area (Å²) in [5.41, 5.74) is 0.955. The molecule has 90 valence electrons. The van der Waals surface area contributed by atoms with E-state index >= 15 is 0 Å². The summed E-state index contributed by atoms with van der Waals surface area (Å²) in [6, 6.07) is 5.74. The lowest BCUT2D eigenvalue weighted by Gasteiger charge is -2.16. The zero-order valence-electron chi connectivity index (χ0n) is 9.50. The summed E-state index contributed by atoms with van der Waals surface area (Å²) < 4.78 is 0. The van der Waals surface area contributed by atoms with E-state index in [1.165, 1.54) is 0 Å². The second kappa shape index (κ2) is 6.45. The van der Waals surface area contributed by atoms with Crippen LogP contribution in [0.5, 0.6) is 0 Å². The minimum atomic E-state index is -0.343. The Bertz CT molecular complexity index is 322. The van der Waals surface area contributed by atoms with Gasteiger partial charge in [0, 0.05) is 22.6 Å². The van der Waals surface area contributed by atoms with Gasteiger partial charge in [0.25, 0.3) is 0 Å². The van der Waals surface area contributed by atoms with Gasteiger partial charge in [0.1, 0.15) is 0 Å². The molecule has 0 radical (unpaired) electrons. The smallest absolute Gasteiger partial charge is 0.0636 e. The van der Waals surface area contributed by atoms with E-state index in [9.17, 15) is 0 Å². The molecule has 1 aromatic rings. The molecule has 0 aliphatic heterocycles. The molecule has 2 atom stereocenters. The van der Waals surface area contributed by atoms with Crippen molar-refractivity contribution >= 4 is 23.2 Å². The SMILES string of the molecule is CC(Cc1c(Cl)cccc1Cl)NC[C@@H](C)O. The van der Waals surface area contributed by atoms with Crippen LogP contribution < -0.4 is 5.32 Å². The van der Waals surface area contributed by atoms with Crippen molar-refractivity contribution in [3.63, 3.8) is 0 Å². The van der Waals surface area contributed by atoms with E-state index in [0.717, 1.165) is 12.0 Å². The molecule has 0 aliphatic carbocycles. The van der Waals surface area contributed by atoms with E-state index in [-0.39, 0.29) is 12.1 Å². The van der Waals surface area contributed by atoms with Crippen LogP contribution in [0.15, 0.2) is 18.2 Å². The van der Waals surface area contributed by atoms with Crippen molar-refractivity contribution in [1.82, 2.24) is 5.32 Å². The molecule has 0 saturated heterocycles.